The van der Waals surface area contributed by atoms with E-state index in [-0.39, 0.29) is 0 Å². The zero-order valence-electron chi connectivity index (χ0n) is 7.81. The van der Waals surface area contributed by atoms with Crippen LogP contribution in [-0.2, 0) is 0 Å². The summed E-state index contributed by atoms with van der Waals surface area (Å²) in [6.45, 7) is 0. The third-order valence-corrected chi connectivity index (χ3v) is 2.45. The summed E-state index contributed by atoms with van der Waals surface area (Å²) < 4.78 is 12.9. The lowest BCUT2D eigenvalue weighted by molar-refractivity contribution is 0.545. The summed E-state index contributed by atoms with van der Waals surface area (Å²) in [5, 5.41) is 2.87. The molecule has 0 atom stereocenters. The Labute approximate surface area is 85.4 Å². The molecule has 72 valence electrons. The molecule has 0 spiro atoms. The van der Waals surface area contributed by atoms with Crippen LogP contribution in [0.15, 0.2) is 42.6 Å². The van der Waals surface area contributed by atoms with Crippen LogP contribution in [0.4, 0.5) is 4.39 Å². The van der Waals surface area contributed by atoms with Crippen molar-refractivity contribution in [2.24, 2.45) is 0 Å². The van der Waals surface area contributed by atoms with E-state index >= 15 is 0 Å². The summed E-state index contributed by atoms with van der Waals surface area (Å²) in [4.78, 5) is 7.36. The first-order chi connectivity index (χ1) is 7.34. The number of aromatic nitrogens is 2. The van der Waals surface area contributed by atoms with Crippen LogP contribution in [0.2, 0.25) is 0 Å². The molecule has 0 fully saturated rings. The molecular weight excluding hydrogens is 191 g/mol. The standard InChI is InChI=1S/C12H7FN2/c13-12-14-7-9-6-5-8-3-1-2-4-10(8)11(9)15-12/h1-7H. The molecule has 0 N–H and O–H groups in total. The van der Waals surface area contributed by atoms with Crippen LogP contribution in [-0.4, -0.2) is 9.97 Å². The molecule has 0 radical (unpaired) electrons. The van der Waals surface area contributed by atoms with Gasteiger partial charge in [-0.15, -0.1) is 0 Å². The Balaban J connectivity index is 2.57. The van der Waals surface area contributed by atoms with Gasteiger partial charge in [-0.25, -0.2) is 9.97 Å². The van der Waals surface area contributed by atoms with Gasteiger partial charge in [-0.05, 0) is 5.39 Å². The Morgan fingerprint density at radius 3 is 2.67 bits per heavy atom. The Morgan fingerprint density at radius 2 is 1.73 bits per heavy atom. The third kappa shape index (κ3) is 1.24. The van der Waals surface area contributed by atoms with E-state index in [1.54, 1.807) is 0 Å². The van der Waals surface area contributed by atoms with Crippen molar-refractivity contribution in [1.82, 2.24) is 9.97 Å². The lowest BCUT2D eigenvalue weighted by Crippen LogP contribution is -1.89. The van der Waals surface area contributed by atoms with E-state index in [2.05, 4.69) is 9.97 Å². The molecule has 0 saturated heterocycles. The molecule has 3 aromatic rings. The Bertz CT molecular complexity index is 649. The topological polar surface area (TPSA) is 25.8 Å². The zero-order chi connectivity index (χ0) is 10.3. The summed E-state index contributed by atoms with van der Waals surface area (Å²) in [5.74, 6) is 0. The molecule has 0 aliphatic heterocycles. The molecule has 0 aliphatic carbocycles. The van der Waals surface area contributed by atoms with Crippen LogP contribution in [0.1, 0.15) is 0 Å². The number of benzene rings is 2. The smallest absolute Gasteiger partial charge is 0.210 e. The lowest BCUT2D eigenvalue weighted by atomic mass is 10.1. The van der Waals surface area contributed by atoms with Gasteiger partial charge in [-0.3, -0.25) is 0 Å². The van der Waals surface area contributed by atoms with Gasteiger partial charge < -0.3 is 0 Å². The summed E-state index contributed by atoms with van der Waals surface area (Å²) in [6.07, 6.45) is 0.822. The number of fused-ring (bicyclic) bond motifs is 3. The molecule has 2 nitrogen and oxygen atoms in total. The van der Waals surface area contributed by atoms with E-state index in [1.807, 2.05) is 36.4 Å². The van der Waals surface area contributed by atoms with Crippen molar-refractivity contribution in [3.05, 3.63) is 48.7 Å². The van der Waals surface area contributed by atoms with E-state index in [1.165, 1.54) is 6.20 Å². The van der Waals surface area contributed by atoms with Crippen molar-refractivity contribution >= 4 is 21.7 Å². The highest BCUT2D eigenvalue weighted by Crippen LogP contribution is 2.22. The second-order valence-corrected chi connectivity index (χ2v) is 3.36. The third-order valence-electron chi connectivity index (χ3n) is 2.45. The molecule has 1 heterocycles. The minimum atomic E-state index is -0.682. The Hall–Kier alpha value is -2.03. The van der Waals surface area contributed by atoms with Crippen LogP contribution in [0.5, 0.6) is 0 Å². The predicted molar refractivity (Wildman–Crippen MR) is 57.0 cm³/mol. The molecular formula is C12H7FN2. The molecule has 3 rings (SSSR count). The molecule has 0 unspecified atom stereocenters. The van der Waals surface area contributed by atoms with E-state index in [9.17, 15) is 4.39 Å². The van der Waals surface area contributed by atoms with Crippen molar-refractivity contribution in [3.8, 4) is 0 Å². The second kappa shape index (κ2) is 2.98. The van der Waals surface area contributed by atoms with Crippen molar-refractivity contribution in [2.45, 2.75) is 0 Å². The lowest BCUT2D eigenvalue weighted by Gasteiger charge is -2.01. The van der Waals surface area contributed by atoms with Crippen LogP contribution < -0.4 is 0 Å². The van der Waals surface area contributed by atoms with E-state index in [0.29, 0.717) is 5.52 Å². The van der Waals surface area contributed by atoms with Gasteiger partial charge in [-0.2, -0.15) is 4.39 Å². The average Bonchev–Trinajstić information content (AvgIpc) is 2.29. The number of halogens is 1. The number of rotatable bonds is 0. The monoisotopic (exact) mass is 198 g/mol. The van der Waals surface area contributed by atoms with Gasteiger partial charge in [0, 0.05) is 17.0 Å². The van der Waals surface area contributed by atoms with Gasteiger partial charge >= 0.3 is 6.08 Å². The fourth-order valence-corrected chi connectivity index (χ4v) is 1.74. The van der Waals surface area contributed by atoms with Crippen molar-refractivity contribution < 1.29 is 4.39 Å². The van der Waals surface area contributed by atoms with Crippen LogP contribution in [0.25, 0.3) is 21.7 Å². The summed E-state index contributed by atoms with van der Waals surface area (Å²) in [7, 11) is 0. The predicted octanol–water partition coefficient (Wildman–Crippen LogP) is 2.92. The van der Waals surface area contributed by atoms with Crippen molar-refractivity contribution in [3.63, 3.8) is 0 Å². The molecule has 2 aromatic carbocycles. The molecule has 0 bridgehead atoms. The Kier molecular flexibility index (Phi) is 1.65. The number of hydrogen-bond donors (Lipinski definition) is 0. The van der Waals surface area contributed by atoms with Gasteiger partial charge in [0.2, 0.25) is 0 Å². The molecule has 0 aliphatic rings. The van der Waals surface area contributed by atoms with Crippen molar-refractivity contribution in [2.75, 3.05) is 0 Å². The molecule has 15 heavy (non-hydrogen) atoms. The number of hydrogen-bond acceptors (Lipinski definition) is 2. The summed E-state index contributed by atoms with van der Waals surface area (Å²) >= 11 is 0. The first kappa shape index (κ1) is 8.29. The van der Waals surface area contributed by atoms with E-state index in [0.717, 1.165) is 16.2 Å². The largest absolute Gasteiger partial charge is 0.309 e. The van der Waals surface area contributed by atoms with Crippen LogP contribution in [0.3, 0.4) is 0 Å². The minimum Gasteiger partial charge on any atom is -0.210 e. The molecule has 3 heteroatoms. The summed E-state index contributed by atoms with van der Waals surface area (Å²) in [6, 6.07) is 11.7. The van der Waals surface area contributed by atoms with Gasteiger partial charge in [-0.1, -0.05) is 36.4 Å². The highest BCUT2D eigenvalue weighted by atomic mass is 19.1. The Morgan fingerprint density at radius 1 is 0.933 bits per heavy atom. The van der Waals surface area contributed by atoms with Gasteiger partial charge in [0.25, 0.3) is 0 Å². The minimum absolute atomic E-state index is 0.667. The first-order valence-electron chi connectivity index (χ1n) is 4.64. The van der Waals surface area contributed by atoms with Crippen LogP contribution in [0, 0.1) is 6.08 Å². The number of nitrogens with zero attached hydrogens (tertiary/aromatic N) is 2. The maximum atomic E-state index is 12.9. The van der Waals surface area contributed by atoms with Crippen LogP contribution >= 0.6 is 0 Å². The molecule has 1 aromatic heterocycles. The first-order valence-corrected chi connectivity index (χ1v) is 4.64. The van der Waals surface area contributed by atoms with Gasteiger partial charge in [0.05, 0.1) is 5.52 Å². The highest BCUT2D eigenvalue weighted by Gasteiger charge is 2.02. The maximum Gasteiger partial charge on any atom is 0.309 e. The summed E-state index contributed by atoms with van der Waals surface area (Å²) in [5.41, 5.74) is 0.667. The average molecular weight is 198 g/mol. The fourth-order valence-electron chi connectivity index (χ4n) is 1.74. The molecule has 0 amide bonds. The normalized spacial score (nSPS) is 11.0. The highest BCUT2D eigenvalue weighted by molar-refractivity contribution is 6.04. The van der Waals surface area contributed by atoms with E-state index < -0.39 is 6.08 Å². The second-order valence-electron chi connectivity index (χ2n) is 3.36. The fraction of sp³-hybridized carbons (Fsp3) is 0. The molecule has 0 saturated carbocycles. The van der Waals surface area contributed by atoms with E-state index in [4.69, 9.17) is 0 Å². The zero-order valence-corrected chi connectivity index (χ0v) is 7.81. The maximum absolute atomic E-state index is 12.9. The van der Waals surface area contributed by atoms with Gasteiger partial charge in [0.15, 0.2) is 0 Å². The van der Waals surface area contributed by atoms with Gasteiger partial charge in [0.1, 0.15) is 0 Å². The quantitative estimate of drug-likeness (QED) is 0.410. The SMILES string of the molecule is Fc1ncc2ccc3ccccc3c2n1. The van der Waals surface area contributed by atoms with Crippen molar-refractivity contribution in [1.29, 1.82) is 0 Å².